The molecule has 2 aliphatic carbocycles. The number of carbonyl (C=O) groups is 1. The van der Waals surface area contributed by atoms with Crippen molar-refractivity contribution in [2.45, 2.75) is 145 Å². The molecule has 0 bridgehead atoms. The van der Waals surface area contributed by atoms with E-state index < -0.39 is 5.41 Å². The third-order valence-corrected chi connectivity index (χ3v) is 12.1. The van der Waals surface area contributed by atoms with Crippen LogP contribution in [0.5, 0.6) is 0 Å². The van der Waals surface area contributed by atoms with Crippen molar-refractivity contribution in [1.29, 1.82) is 0 Å². The summed E-state index contributed by atoms with van der Waals surface area (Å²) in [6, 6.07) is 6.55. The van der Waals surface area contributed by atoms with E-state index in [0.717, 1.165) is 118 Å². The van der Waals surface area contributed by atoms with Crippen LogP contribution in [0.25, 0.3) is 10.9 Å². The SMILES string of the molecule is CCC(C)C.CCCCC1CCC1.CCCCCN(CC(C)(CO)CO)c1c(C)c(N)nc2cc(CCCN3CCN(C(=O)C4CCC4)CC3)ccc12. The quantitative estimate of drug-likeness (QED) is 0.131. The molecule has 1 aromatic carbocycles. The molecule has 1 aliphatic heterocycles. The Kier molecular flexibility index (Phi) is 19.9. The summed E-state index contributed by atoms with van der Waals surface area (Å²) >= 11 is 0. The fourth-order valence-electron chi connectivity index (χ4n) is 7.29. The van der Waals surface area contributed by atoms with Crippen LogP contribution in [0.15, 0.2) is 18.2 Å². The summed E-state index contributed by atoms with van der Waals surface area (Å²) in [5, 5.41) is 21.1. The van der Waals surface area contributed by atoms with Gasteiger partial charge in [0.1, 0.15) is 5.82 Å². The lowest BCUT2D eigenvalue weighted by Gasteiger charge is -2.38. The first-order valence-corrected chi connectivity index (χ1v) is 21.6. The number of aromatic nitrogens is 1. The number of aryl methyl sites for hydroxylation is 1. The second-order valence-electron chi connectivity index (χ2n) is 17.2. The molecule has 1 aromatic heterocycles. The second kappa shape index (κ2) is 23.5. The maximum Gasteiger partial charge on any atom is 0.225 e. The predicted octanol–water partition coefficient (Wildman–Crippen LogP) is 9.02. The van der Waals surface area contributed by atoms with Crippen molar-refractivity contribution in [3.8, 4) is 0 Å². The minimum atomic E-state index is -0.612. The van der Waals surface area contributed by atoms with Crippen molar-refractivity contribution in [1.82, 2.24) is 14.8 Å². The van der Waals surface area contributed by atoms with Gasteiger partial charge < -0.3 is 25.7 Å². The van der Waals surface area contributed by atoms with Gasteiger partial charge in [0.2, 0.25) is 5.91 Å². The summed E-state index contributed by atoms with van der Waals surface area (Å²) in [7, 11) is 0. The van der Waals surface area contributed by atoms with Gasteiger partial charge in [-0.05, 0) is 69.0 Å². The van der Waals surface area contributed by atoms with Crippen LogP contribution >= 0.6 is 0 Å². The molecule has 8 nitrogen and oxygen atoms in total. The van der Waals surface area contributed by atoms with Gasteiger partial charge in [0.15, 0.2) is 0 Å². The Labute approximate surface area is 324 Å². The normalized spacial score (nSPS) is 16.8. The number of hydrogen-bond donors (Lipinski definition) is 3. The largest absolute Gasteiger partial charge is 0.396 e. The summed E-state index contributed by atoms with van der Waals surface area (Å²) in [4.78, 5) is 24.2. The van der Waals surface area contributed by atoms with Crippen LogP contribution in [0, 0.1) is 30.1 Å². The summed E-state index contributed by atoms with van der Waals surface area (Å²) in [5.74, 6) is 3.22. The standard InChI is InChI=1S/C32H51N5O3.C8H16.C5H12/c1-4-5-6-15-37(21-32(3,22-38)23-39)29-24(2)30(33)34-28-20-25(12-13-27(28)29)9-8-14-35-16-18-36(19-17-35)31(40)26-10-7-11-26;1-2-3-5-8-6-4-7-8;1-4-5(2)3/h12-13,20,26,38-39H,4-11,14-19,21-23H2,1-3H3,(H2,33,34);8H,2-7H2,1H3;5H,4H2,1-3H3. The minimum Gasteiger partial charge on any atom is -0.396 e. The maximum absolute atomic E-state index is 12.5. The first kappa shape index (κ1) is 45.0. The first-order chi connectivity index (χ1) is 25.5. The van der Waals surface area contributed by atoms with Gasteiger partial charge in [0, 0.05) is 61.6 Å². The number of carbonyl (C=O) groups excluding carboxylic acids is 1. The lowest BCUT2D eigenvalue weighted by Crippen LogP contribution is -2.51. The van der Waals surface area contributed by atoms with Gasteiger partial charge in [-0.3, -0.25) is 9.69 Å². The molecule has 3 fully saturated rings. The molecule has 4 N–H and O–H groups in total. The molecule has 2 heterocycles. The molecule has 53 heavy (non-hydrogen) atoms. The van der Waals surface area contributed by atoms with E-state index in [2.05, 4.69) is 67.5 Å². The number of amides is 1. The third kappa shape index (κ3) is 14.3. The fourth-order valence-corrected chi connectivity index (χ4v) is 7.29. The van der Waals surface area contributed by atoms with E-state index in [1.54, 1.807) is 0 Å². The highest BCUT2D eigenvalue weighted by Crippen LogP contribution is 2.36. The van der Waals surface area contributed by atoms with Crippen molar-refractivity contribution >= 4 is 28.3 Å². The zero-order chi connectivity index (χ0) is 38.8. The van der Waals surface area contributed by atoms with Crippen LogP contribution in [0.3, 0.4) is 0 Å². The molecule has 0 spiro atoms. The van der Waals surface area contributed by atoms with Crippen molar-refractivity contribution < 1.29 is 15.0 Å². The van der Waals surface area contributed by atoms with Crippen molar-refractivity contribution in [3.05, 3.63) is 29.3 Å². The number of nitrogens with two attached hydrogens (primary N) is 1. The highest BCUT2D eigenvalue weighted by atomic mass is 16.3. The van der Waals surface area contributed by atoms with Gasteiger partial charge in [-0.1, -0.05) is 118 Å². The maximum atomic E-state index is 12.5. The molecule has 3 aliphatic rings. The molecule has 2 saturated carbocycles. The van der Waals surface area contributed by atoms with Crippen molar-refractivity contribution in [3.63, 3.8) is 0 Å². The molecule has 2 aromatic rings. The lowest BCUT2D eigenvalue weighted by molar-refractivity contribution is -0.139. The minimum absolute atomic E-state index is 0.0820. The zero-order valence-electron chi connectivity index (χ0n) is 35.1. The molecule has 0 radical (unpaired) electrons. The van der Waals surface area contributed by atoms with Gasteiger partial charge in [-0.25, -0.2) is 4.98 Å². The summed E-state index contributed by atoms with van der Waals surface area (Å²) in [6.07, 6.45) is 18.9. The summed E-state index contributed by atoms with van der Waals surface area (Å²) in [5.41, 5.74) is 10.00. The van der Waals surface area contributed by atoms with Crippen LogP contribution in [0.1, 0.15) is 143 Å². The Bertz CT molecular complexity index is 1330. The van der Waals surface area contributed by atoms with E-state index in [-0.39, 0.29) is 13.2 Å². The molecule has 302 valence electrons. The number of nitrogen functional groups attached to an aromatic ring is 1. The number of fused-ring (bicyclic) bond motifs is 1. The van der Waals surface area contributed by atoms with Crippen molar-refractivity contribution in [2.75, 3.05) is 69.7 Å². The molecule has 1 amide bonds. The third-order valence-electron chi connectivity index (χ3n) is 12.1. The van der Waals surface area contributed by atoms with Gasteiger partial charge >= 0.3 is 0 Å². The van der Waals surface area contributed by atoms with Gasteiger partial charge in [0.05, 0.1) is 24.4 Å². The second-order valence-corrected chi connectivity index (χ2v) is 17.2. The number of rotatable bonds is 18. The molecule has 5 rings (SSSR count). The zero-order valence-corrected chi connectivity index (χ0v) is 35.1. The van der Waals surface area contributed by atoms with E-state index in [0.29, 0.717) is 24.2 Å². The number of aliphatic hydroxyl groups is 2. The number of piperazine rings is 1. The summed E-state index contributed by atoms with van der Waals surface area (Å²) in [6.45, 7) is 21.0. The molecular weight excluding hydrogens is 659 g/mol. The monoisotopic (exact) mass is 738 g/mol. The smallest absolute Gasteiger partial charge is 0.225 e. The highest BCUT2D eigenvalue weighted by molar-refractivity contribution is 5.96. The Morgan fingerprint density at radius 2 is 1.60 bits per heavy atom. The number of pyridine rings is 1. The summed E-state index contributed by atoms with van der Waals surface area (Å²) < 4.78 is 0. The molecular formula is C45H79N5O3. The number of nitrogens with zero attached hydrogens (tertiary/aromatic N) is 4. The Balaban J connectivity index is 0.000000491. The van der Waals surface area contributed by atoms with Gasteiger partial charge in [-0.15, -0.1) is 0 Å². The van der Waals surface area contributed by atoms with Crippen LogP contribution in [0.2, 0.25) is 0 Å². The van der Waals surface area contributed by atoms with Gasteiger partial charge in [0.25, 0.3) is 0 Å². The lowest BCUT2D eigenvalue weighted by atomic mass is 9.82. The Morgan fingerprint density at radius 3 is 2.13 bits per heavy atom. The van der Waals surface area contributed by atoms with E-state index in [9.17, 15) is 15.0 Å². The van der Waals surface area contributed by atoms with Crippen LogP contribution in [0.4, 0.5) is 11.5 Å². The average Bonchev–Trinajstić information content (AvgIpc) is 3.11. The van der Waals surface area contributed by atoms with E-state index in [4.69, 9.17) is 10.7 Å². The van der Waals surface area contributed by atoms with Gasteiger partial charge in [-0.2, -0.15) is 0 Å². The average molecular weight is 738 g/mol. The topological polar surface area (TPSA) is 106 Å². The van der Waals surface area contributed by atoms with E-state index in [1.165, 1.54) is 56.9 Å². The van der Waals surface area contributed by atoms with Crippen molar-refractivity contribution in [2.24, 2.45) is 23.2 Å². The Morgan fingerprint density at radius 1 is 0.962 bits per heavy atom. The molecule has 0 atom stereocenters. The number of hydrogen-bond acceptors (Lipinski definition) is 7. The number of benzene rings is 1. The predicted molar refractivity (Wildman–Crippen MR) is 226 cm³/mol. The van der Waals surface area contributed by atoms with Crippen LogP contribution < -0.4 is 10.6 Å². The molecule has 8 heteroatoms. The van der Waals surface area contributed by atoms with Crippen LogP contribution in [-0.4, -0.2) is 89.9 Å². The van der Waals surface area contributed by atoms with E-state index >= 15 is 0 Å². The Hall–Kier alpha value is -2.42. The number of unbranched alkanes of at least 4 members (excludes halogenated alkanes) is 3. The first-order valence-electron chi connectivity index (χ1n) is 21.6. The molecule has 0 unspecified atom stereocenters. The van der Waals surface area contributed by atoms with E-state index in [1.807, 2.05) is 13.8 Å². The molecule has 1 saturated heterocycles. The number of anilines is 2. The number of aliphatic hydroxyl groups excluding tert-OH is 2. The highest BCUT2D eigenvalue weighted by Gasteiger charge is 2.31. The van der Waals surface area contributed by atoms with Crippen LogP contribution in [-0.2, 0) is 11.2 Å². The fraction of sp³-hybridized carbons (Fsp3) is 0.778.